The van der Waals surface area contributed by atoms with Crippen molar-refractivity contribution in [3.05, 3.63) is 0 Å². The Morgan fingerprint density at radius 2 is 1.36 bits per heavy atom. The van der Waals surface area contributed by atoms with Crippen LogP contribution in [0.25, 0.3) is 0 Å². The molecule has 14 heavy (non-hydrogen) atoms. The SMILES string of the molecule is O=C(O)C[Si]1(CC(=O)O)CCCCC1. The van der Waals surface area contributed by atoms with Crippen molar-refractivity contribution in [2.45, 2.75) is 43.4 Å². The Morgan fingerprint density at radius 1 is 0.929 bits per heavy atom. The lowest BCUT2D eigenvalue weighted by molar-refractivity contribution is -0.134. The van der Waals surface area contributed by atoms with E-state index >= 15 is 0 Å². The fourth-order valence-electron chi connectivity index (χ4n) is 2.36. The number of hydrogen-bond acceptors (Lipinski definition) is 2. The van der Waals surface area contributed by atoms with Crippen LogP contribution in [0.15, 0.2) is 0 Å². The van der Waals surface area contributed by atoms with Crippen LogP contribution in [0.3, 0.4) is 0 Å². The summed E-state index contributed by atoms with van der Waals surface area (Å²) in [5.41, 5.74) is 0. The predicted octanol–water partition coefficient (Wildman–Crippen LogP) is 1.79. The Balaban J connectivity index is 2.66. The maximum atomic E-state index is 10.7. The van der Waals surface area contributed by atoms with Gasteiger partial charge in [0.05, 0.1) is 8.07 Å². The molecule has 0 spiro atoms. The number of aliphatic carboxylic acids is 2. The second-order valence-electron chi connectivity index (χ2n) is 4.20. The van der Waals surface area contributed by atoms with Crippen molar-refractivity contribution in [3.63, 3.8) is 0 Å². The number of carboxylic acid groups (broad SMARTS) is 2. The molecule has 2 N–H and O–H groups in total. The third kappa shape index (κ3) is 3.14. The molecular formula is C9H16O4Si. The van der Waals surface area contributed by atoms with Crippen LogP contribution in [0.5, 0.6) is 0 Å². The van der Waals surface area contributed by atoms with E-state index in [-0.39, 0.29) is 12.1 Å². The average Bonchev–Trinajstić information content (AvgIpc) is 2.01. The summed E-state index contributed by atoms with van der Waals surface area (Å²) in [5.74, 6) is -1.64. The summed E-state index contributed by atoms with van der Waals surface area (Å²) in [6, 6.07) is 2.04. The van der Waals surface area contributed by atoms with Gasteiger partial charge in [-0.2, -0.15) is 0 Å². The zero-order chi connectivity index (χ0) is 10.6. The van der Waals surface area contributed by atoms with Crippen LogP contribution >= 0.6 is 0 Å². The van der Waals surface area contributed by atoms with Gasteiger partial charge in [-0.25, -0.2) is 0 Å². The molecule has 4 nitrogen and oxygen atoms in total. The van der Waals surface area contributed by atoms with Gasteiger partial charge < -0.3 is 10.2 Å². The highest BCUT2D eigenvalue weighted by Gasteiger charge is 2.38. The third-order valence-corrected chi connectivity index (χ3v) is 7.90. The van der Waals surface area contributed by atoms with Crippen LogP contribution < -0.4 is 0 Å². The molecule has 80 valence electrons. The van der Waals surface area contributed by atoms with Crippen molar-refractivity contribution in [2.75, 3.05) is 0 Å². The molecule has 0 radical (unpaired) electrons. The molecule has 1 saturated heterocycles. The molecule has 1 heterocycles. The predicted molar refractivity (Wildman–Crippen MR) is 54.1 cm³/mol. The molecule has 1 aliphatic rings. The molecule has 1 rings (SSSR count). The van der Waals surface area contributed by atoms with Gasteiger partial charge in [-0.3, -0.25) is 9.59 Å². The molecule has 0 amide bonds. The molecule has 5 heteroatoms. The Morgan fingerprint density at radius 3 is 1.71 bits per heavy atom. The van der Waals surface area contributed by atoms with Gasteiger partial charge in [0.15, 0.2) is 0 Å². The molecule has 1 fully saturated rings. The van der Waals surface area contributed by atoms with Gasteiger partial charge in [-0.05, 0) is 0 Å². The summed E-state index contributed by atoms with van der Waals surface area (Å²) in [5, 5.41) is 17.6. The zero-order valence-electron chi connectivity index (χ0n) is 8.16. The average molecular weight is 216 g/mol. The van der Waals surface area contributed by atoms with Crippen LogP contribution in [0.2, 0.25) is 24.2 Å². The minimum atomic E-state index is -2.01. The van der Waals surface area contributed by atoms with Gasteiger partial charge in [-0.15, -0.1) is 0 Å². The van der Waals surface area contributed by atoms with Crippen molar-refractivity contribution in [2.24, 2.45) is 0 Å². The normalized spacial score (nSPS) is 20.3. The van der Waals surface area contributed by atoms with Crippen molar-refractivity contribution in [1.82, 2.24) is 0 Å². The topological polar surface area (TPSA) is 74.6 Å². The summed E-state index contributed by atoms with van der Waals surface area (Å²) in [6.45, 7) is 0. The standard InChI is InChI=1S/C9H16O4Si/c10-8(11)6-14(7-9(12)13)4-2-1-3-5-14/h1-7H2,(H,10,11)(H,12,13). The van der Waals surface area contributed by atoms with E-state index in [0.29, 0.717) is 0 Å². The Hall–Kier alpha value is -0.843. The molecule has 0 aromatic rings. The monoisotopic (exact) mass is 216 g/mol. The quantitative estimate of drug-likeness (QED) is 0.702. The van der Waals surface area contributed by atoms with E-state index in [9.17, 15) is 9.59 Å². The summed E-state index contributed by atoms with van der Waals surface area (Å²) in [6.07, 6.45) is 3.17. The van der Waals surface area contributed by atoms with Crippen LogP contribution in [0.4, 0.5) is 0 Å². The molecular weight excluding hydrogens is 200 g/mol. The van der Waals surface area contributed by atoms with E-state index in [4.69, 9.17) is 10.2 Å². The minimum Gasteiger partial charge on any atom is -0.481 e. The highest BCUT2D eigenvalue weighted by molar-refractivity contribution is 6.84. The highest BCUT2D eigenvalue weighted by atomic mass is 28.3. The molecule has 0 aromatic carbocycles. The Kier molecular flexibility index (Phi) is 3.68. The molecule has 1 aliphatic heterocycles. The first kappa shape index (κ1) is 11.2. The van der Waals surface area contributed by atoms with Crippen LogP contribution in [0, 0.1) is 0 Å². The molecule has 0 atom stereocenters. The zero-order valence-corrected chi connectivity index (χ0v) is 9.16. The number of rotatable bonds is 4. The Bertz CT molecular complexity index is 215. The summed E-state index contributed by atoms with van der Waals surface area (Å²) in [4.78, 5) is 21.4. The highest BCUT2D eigenvalue weighted by Crippen LogP contribution is 2.34. The summed E-state index contributed by atoms with van der Waals surface area (Å²) < 4.78 is 0. The Labute approximate surface area is 83.9 Å². The second-order valence-corrected chi connectivity index (χ2v) is 8.91. The molecule has 0 unspecified atom stereocenters. The number of hydrogen-bond donors (Lipinski definition) is 2. The lowest BCUT2D eigenvalue weighted by Crippen LogP contribution is -2.40. The largest absolute Gasteiger partial charge is 0.481 e. The number of carboxylic acids is 2. The minimum absolute atomic E-state index is 0.138. The van der Waals surface area contributed by atoms with Gasteiger partial charge in [-0.1, -0.05) is 31.4 Å². The van der Waals surface area contributed by atoms with Crippen molar-refractivity contribution in [3.8, 4) is 0 Å². The molecule has 0 bridgehead atoms. The lowest BCUT2D eigenvalue weighted by atomic mass is 10.3. The van der Waals surface area contributed by atoms with Gasteiger partial charge >= 0.3 is 11.9 Å². The number of carbonyl (C=O) groups is 2. The van der Waals surface area contributed by atoms with Gasteiger partial charge in [0.25, 0.3) is 0 Å². The summed E-state index contributed by atoms with van der Waals surface area (Å²) >= 11 is 0. The van der Waals surface area contributed by atoms with Crippen molar-refractivity contribution >= 4 is 20.0 Å². The van der Waals surface area contributed by atoms with E-state index in [0.717, 1.165) is 31.4 Å². The van der Waals surface area contributed by atoms with Gasteiger partial charge in [0.1, 0.15) is 0 Å². The van der Waals surface area contributed by atoms with Gasteiger partial charge in [0, 0.05) is 12.1 Å². The fraction of sp³-hybridized carbons (Fsp3) is 0.778. The smallest absolute Gasteiger partial charge is 0.300 e. The fourth-order valence-corrected chi connectivity index (χ4v) is 6.72. The third-order valence-electron chi connectivity index (χ3n) is 2.97. The van der Waals surface area contributed by atoms with Gasteiger partial charge in [0.2, 0.25) is 0 Å². The van der Waals surface area contributed by atoms with Crippen LogP contribution in [-0.2, 0) is 9.59 Å². The molecule has 0 saturated carbocycles. The maximum Gasteiger partial charge on any atom is 0.300 e. The van der Waals surface area contributed by atoms with E-state index in [1.165, 1.54) is 0 Å². The van der Waals surface area contributed by atoms with E-state index in [2.05, 4.69) is 0 Å². The van der Waals surface area contributed by atoms with E-state index in [1.807, 2.05) is 0 Å². The maximum absolute atomic E-state index is 10.7. The molecule has 0 aromatic heterocycles. The first-order chi connectivity index (χ1) is 6.54. The van der Waals surface area contributed by atoms with Crippen LogP contribution in [-0.4, -0.2) is 30.2 Å². The van der Waals surface area contributed by atoms with Crippen molar-refractivity contribution < 1.29 is 19.8 Å². The summed E-state index contributed by atoms with van der Waals surface area (Å²) in [7, 11) is -2.01. The molecule has 0 aliphatic carbocycles. The first-order valence-electron chi connectivity index (χ1n) is 4.98. The van der Waals surface area contributed by atoms with E-state index < -0.39 is 20.0 Å². The second kappa shape index (κ2) is 4.59. The van der Waals surface area contributed by atoms with Crippen LogP contribution in [0.1, 0.15) is 19.3 Å². The van der Waals surface area contributed by atoms with Crippen molar-refractivity contribution in [1.29, 1.82) is 0 Å². The lowest BCUT2D eigenvalue weighted by Gasteiger charge is -2.32. The van der Waals surface area contributed by atoms with E-state index in [1.54, 1.807) is 0 Å². The first-order valence-corrected chi connectivity index (χ1v) is 7.81.